The van der Waals surface area contributed by atoms with E-state index in [4.69, 9.17) is 4.74 Å². The van der Waals surface area contributed by atoms with E-state index in [0.717, 1.165) is 13.0 Å². The van der Waals surface area contributed by atoms with Crippen molar-refractivity contribution >= 4 is 0 Å². The molecule has 3 nitrogen and oxygen atoms in total. The van der Waals surface area contributed by atoms with Crippen LogP contribution >= 0.6 is 0 Å². The van der Waals surface area contributed by atoms with Crippen molar-refractivity contribution in [3.8, 4) is 0 Å². The third kappa shape index (κ3) is 2.97. The quantitative estimate of drug-likeness (QED) is 0.826. The number of hydrogen-bond acceptors (Lipinski definition) is 3. The van der Waals surface area contributed by atoms with Gasteiger partial charge in [0.15, 0.2) is 0 Å². The highest BCUT2D eigenvalue weighted by atomic mass is 16.5. The Morgan fingerprint density at radius 2 is 2.11 bits per heavy atom. The Balaban J connectivity index is 1.51. The Kier molecular flexibility index (Phi) is 3.38. The van der Waals surface area contributed by atoms with Crippen molar-refractivity contribution < 1.29 is 4.74 Å². The van der Waals surface area contributed by atoms with Gasteiger partial charge in [-0.3, -0.25) is 0 Å². The predicted molar refractivity (Wildman–Crippen MR) is 78.1 cm³/mol. The molecule has 1 atom stereocenters. The van der Waals surface area contributed by atoms with E-state index in [9.17, 15) is 0 Å². The van der Waals surface area contributed by atoms with Crippen molar-refractivity contribution in [3.05, 3.63) is 12.3 Å². The van der Waals surface area contributed by atoms with Gasteiger partial charge in [0.25, 0.3) is 0 Å². The fraction of sp³-hybridized carbons (Fsp3) is 0.875. The molecule has 2 aliphatic heterocycles. The monoisotopic (exact) mass is 264 g/mol. The van der Waals surface area contributed by atoms with Gasteiger partial charge in [0.2, 0.25) is 0 Å². The molecule has 0 aromatic rings. The first-order valence-corrected chi connectivity index (χ1v) is 7.81. The topological polar surface area (TPSA) is 24.5 Å². The Hall–Kier alpha value is -0.540. The van der Waals surface area contributed by atoms with E-state index < -0.39 is 0 Å². The van der Waals surface area contributed by atoms with Crippen LogP contribution < -0.4 is 5.32 Å². The number of nitrogens with zero attached hydrogens (tertiary/aromatic N) is 1. The fourth-order valence-electron chi connectivity index (χ4n) is 3.63. The molecule has 1 spiro atoms. The van der Waals surface area contributed by atoms with Gasteiger partial charge in [0.05, 0.1) is 18.2 Å². The molecule has 3 heteroatoms. The van der Waals surface area contributed by atoms with E-state index in [1.807, 2.05) is 0 Å². The fourth-order valence-corrected chi connectivity index (χ4v) is 3.63. The Bertz CT molecular complexity index is 362. The predicted octanol–water partition coefficient (Wildman–Crippen LogP) is 2.53. The molecule has 1 unspecified atom stereocenters. The maximum atomic E-state index is 5.86. The van der Waals surface area contributed by atoms with Gasteiger partial charge >= 0.3 is 0 Å². The summed E-state index contributed by atoms with van der Waals surface area (Å²) in [5, 5.41) is 3.65. The molecule has 0 aromatic heterocycles. The summed E-state index contributed by atoms with van der Waals surface area (Å²) in [7, 11) is 0. The molecule has 19 heavy (non-hydrogen) atoms. The molecule has 3 rings (SSSR count). The highest BCUT2D eigenvalue weighted by Gasteiger charge is 2.48. The Morgan fingerprint density at radius 3 is 2.68 bits per heavy atom. The van der Waals surface area contributed by atoms with Crippen LogP contribution in [0.5, 0.6) is 0 Å². The van der Waals surface area contributed by atoms with Gasteiger partial charge in [-0.1, -0.05) is 6.58 Å². The number of allylic oxidation sites excluding steroid dienone is 1. The summed E-state index contributed by atoms with van der Waals surface area (Å²) in [4.78, 5) is 2.66. The summed E-state index contributed by atoms with van der Waals surface area (Å²) in [6.07, 6.45) is 6.79. The van der Waals surface area contributed by atoms with Gasteiger partial charge in [-0.05, 0) is 46.0 Å². The molecule has 2 saturated heterocycles. The summed E-state index contributed by atoms with van der Waals surface area (Å²) in [6, 6.07) is 0. The van der Waals surface area contributed by atoms with Gasteiger partial charge in [0, 0.05) is 30.7 Å². The molecule has 3 aliphatic rings. The van der Waals surface area contributed by atoms with Crippen LogP contribution in [0.4, 0.5) is 0 Å². The van der Waals surface area contributed by atoms with Crippen molar-refractivity contribution in [2.75, 3.05) is 26.2 Å². The Labute approximate surface area is 117 Å². The summed E-state index contributed by atoms with van der Waals surface area (Å²) in [5.41, 5.74) is 2.07. The van der Waals surface area contributed by atoms with E-state index in [-0.39, 0.29) is 0 Å². The lowest BCUT2D eigenvalue weighted by atomic mass is 9.97. The molecule has 108 valence electrons. The van der Waals surface area contributed by atoms with Crippen molar-refractivity contribution in [2.24, 2.45) is 5.41 Å². The van der Waals surface area contributed by atoms with Crippen LogP contribution in [0.2, 0.25) is 0 Å². The molecule has 0 amide bonds. The second-order valence-electron chi connectivity index (χ2n) is 7.33. The molecule has 1 saturated carbocycles. The van der Waals surface area contributed by atoms with Crippen LogP contribution in [0.15, 0.2) is 12.3 Å². The maximum Gasteiger partial charge on any atom is 0.0538 e. The first kappa shape index (κ1) is 13.4. The lowest BCUT2D eigenvalue weighted by molar-refractivity contribution is 0.0328. The van der Waals surface area contributed by atoms with Crippen molar-refractivity contribution in [1.82, 2.24) is 10.2 Å². The summed E-state index contributed by atoms with van der Waals surface area (Å²) < 4.78 is 5.86. The van der Waals surface area contributed by atoms with Crippen LogP contribution in [0.3, 0.4) is 0 Å². The molecular weight excluding hydrogens is 236 g/mol. The van der Waals surface area contributed by atoms with Crippen LogP contribution in [-0.2, 0) is 4.74 Å². The second-order valence-corrected chi connectivity index (χ2v) is 7.33. The van der Waals surface area contributed by atoms with Gasteiger partial charge in [-0.15, -0.1) is 0 Å². The van der Waals surface area contributed by atoms with Crippen LogP contribution in [-0.4, -0.2) is 42.8 Å². The molecule has 0 bridgehead atoms. The zero-order chi connectivity index (χ0) is 13.5. The molecule has 2 heterocycles. The van der Waals surface area contributed by atoms with Gasteiger partial charge in [-0.25, -0.2) is 0 Å². The van der Waals surface area contributed by atoms with Gasteiger partial charge in [0.1, 0.15) is 0 Å². The molecule has 0 aromatic carbocycles. The average Bonchev–Trinajstić information content (AvgIpc) is 2.86. The second kappa shape index (κ2) is 4.78. The standard InChI is InChI=1S/C16H28N2O/c1-13(2)19-12-15(6-7-15)10-18-9-8-16(11-18)5-4-14(3)17-16/h13,17H,3-12H2,1-2H3. The molecule has 1 aliphatic carbocycles. The van der Waals surface area contributed by atoms with Gasteiger partial charge < -0.3 is 15.0 Å². The lowest BCUT2D eigenvalue weighted by Crippen LogP contribution is -2.43. The van der Waals surface area contributed by atoms with E-state index in [1.165, 1.54) is 51.0 Å². The molecule has 1 N–H and O–H groups in total. The highest BCUT2D eigenvalue weighted by molar-refractivity contribution is 5.13. The molecular formula is C16H28N2O. The normalized spacial score (nSPS) is 33.3. The van der Waals surface area contributed by atoms with Gasteiger partial charge in [-0.2, -0.15) is 0 Å². The zero-order valence-electron chi connectivity index (χ0n) is 12.5. The van der Waals surface area contributed by atoms with Crippen LogP contribution in [0, 0.1) is 5.41 Å². The smallest absolute Gasteiger partial charge is 0.0538 e. The van der Waals surface area contributed by atoms with Crippen LogP contribution in [0.25, 0.3) is 0 Å². The first-order valence-electron chi connectivity index (χ1n) is 7.81. The third-order valence-corrected chi connectivity index (χ3v) is 5.02. The van der Waals surface area contributed by atoms with Crippen molar-refractivity contribution in [1.29, 1.82) is 0 Å². The minimum atomic E-state index is 0.353. The third-order valence-electron chi connectivity index (χ3n) is 5.02. The van der Waals surface area contributed by atoms with Crippen molar-refractivity contribution in [2.45, 2.75) is 57.6 Å². The number of likely N-dealkylation sites (tertiary alicyclic amines) is 1. The largest absolute Gasteiger partial charge is 0.382 e. The number of ether oxygens (including phenoxy) is 1. The summed E-state index contributed by atoms with van der Waals surface area (Å²) >= 11 is 0. The number of hydrogen-bond donors (Lipinski definition) is 1. The zero-order valence-corrected chi connectivity index (χ0v) is 12.5. The summed E-state index contributed by atoms with van der Waals surface area (Å²) in [6.45, 7) is 13.0. The minimum Gasteiger partial charge on any atom is -0.382 e. The minimum absolute atomic E-state index is 0.353. The van der Waals surface area contributed by atoms with E-state index in [1.54, 1.807) is 0 Å². The highest BCUT2D eigenvalue weighted by Crippen LogP contribution is 2.48. The maximum absolute atomic E-state index is 5.86. The van der Waals surface area contributed by atoms with E-state index in [0.29, 0.717) is 17.1 Å². The summed E-state index contributed by atoms with van der Waals surface area (Å²) in [5.74, 6) is 0. The van der Waals surface area contributed by atoms with E-state index >= 15 is 0 Å². The number of rotatable bonds is 5. The number of nitrogens with one attached hydrogen (secondary N) is 1. The Morgan fingerprint density at radius 1 is 1.32 bits per heavy atom. The average molecular weight is 264 g/mol. The lowest BCUT2D eigenvalue weighted by Gasteiger charge is -2.27. The van der Waals surface area contributed by atoms with Crippen LogP contribution in [0.1, 0.15) is 46.0 Å². The first-order chi connectivity index (χ1) is 9.01. The van der Waals surface area contributed by atoms with Crippen molar-refractivity contribution in [3.63, 3.8) is 0 Å². The SMILES string of the molecule is C=C1CCC2(CCN(CC3(COC(C)C)CC3)C2)N1. The van der Waals surface area contributed by atoms with E-state index in [2.05, 4.69) is 30.6 Å². The molecule has 3 fully saturated rings. The molecule has 0 radical (unpaired) electrons.